The molecule has 0 spiro atoms. The molecular formula is C13H28N2. The lowest BCUT2D eigenvalue weighted by molar-refractivity contribution is 0.184. The van der Waals surface area contributed by atoms with Gasteiger partial charge in [0.2, 0.25) is 0 Å². The van der Waals surface area contributed by atoms with Crippen molar-refractivity contribution in [3.8, 4) is 0 Å². The average molecular weight is 212 g/mol. The van der Waals surface area contributed by atoms with Crippen LogP contribution in [-0.4, -0.2) is 30.6 Å². The Morgan fingerprint density at radius 1 is 1.13 bits per heavy atom. The van der Waals surface area contributed by atoms with E-state index in [9.17, 15) is 0 Å². The molecule has 15 heavy (non-hydrogen) atoms. The topological polar surface area (TPSA) is 29.3 Å². The lowest BCUT2D eigenvalue weighted by atomic mass is 10.1. The van der Waals surface area contributed by atoms with Crippen molar-refractivity contribution in [2.45, 2.75) is 46.6 Å². The Balaban J connectivity index is 4.21. The molecule has 0 atom stereocenters. The van der Waals surface area contributed by atoms with Gasteiger partial charge in [-0.05, 0) is 18.8 Å². The minimum atomic E-state index is 0.651. The fraction of sp³-hybridized carbons (Fsp3) is 0.846. The highest BCUT2D eigenvalue weighted by Gasteiger charge is 2.14. The third kappa shape index (κ3) is 6.69. The highest BCUT2D eigenvalue weighted by Crippen LogP contribution is 2.11. The van der Waals surface area contributed by atoms with Crippen LogP contribution in [0.2, 0.25) is 0 Å². The summed E-state index contributed by atoms with van der Waals surface area (Å²) in [7, 11) is 0. The Morgan fingerprint density at radius 3 is 2.13 bits per heavy atom. The first-order valence-corrected chi connectivity index (χ1v) is 6.24. The van der Waals surface area contributed by atoms with Gasteiger partial charge in [0, 0.05) is 25.7 Å². The molecule has 0 aromatic rings. The number of nitrogens with two attached hydrogens (primary N) is 1. The van der Waals surface area contributed by atoms with E-state index >= 15 is 0 Å². The quantitative estimate of drug-likeness (QED) is 0.627. The first-order valence-electron chi connectivity index (χ1n) is 6.24. The molecule has 0 saturated carbocycles. The summed E-state index contributed by atoms with van der Waals surface area (Å²) in [4.78, 5) is 2.57. The SMILES string of the molecule is CCC(CC)N(CC=CCN)CC(C)C. The van der Waals surface area contributed by atoms with E-state index in [1.807, 2.05) is 0 Å². The number of rotatable bonds is 8. The molecule has 90 valence electrons. The van der Waals surface area contributed by atoms with Gasteiger partial charge in [-0.25, -0.2) is 0 Å². The number of hydrogen-bond acceptors (Lipinski definition) is 2. The second-order valence-electron chi connectivity index (χ2n) is 4.53. The van der Waals surface area contributed by atoms with Crippen molar-refractivity contribution in [1.29, 1.82) is 0 Å². The molecule has 0 aromatic carbocycles. The highest BCUT2D eigenvalue weighted by atomic mass is 15.1. The molecule has 0 amide bonds. The maximum Gasteiger partial charge on any atom is 0.0166 e. The van der Waals surface area contributed by atoms with Gasteiger partial charge in [0.1, 0.15) is 0 Å². The second-order valence-corrected chi connectivity index (χ2v) is 4.53. The molecule has 0 unspecified atom stereocenters. The van der Waals surface area contributed by atoms with Crippen LogP contribution in [0.4, 0.5) is 0 Å². The summed E-state index contributed by atoms with van der Waals surface area (Å²) in [6.07, 6.45) is 6.72. The molecule has 0 rings (SSSR count). The van der Waals surface area contributed by atoms with Crippen molar-refractivity contribution in [3.63, 3.8) is 0 Å². The predicted molar refractivity (Wildman–Crippen MR) is 69.0 cm³/mol. The van der Waals surface area contributed by atoms with Crippen molar-refractivity contribution < 1.29 is 0 Å². The Morgan fingerprint density at radius 2 is 1.73 bits per heavy atom. The van der Waals surface area contributed by atoms with Crippen LogP contribution in [0, 0.1) is 5.92 Å². The Bertz CT molecular complexity index is 160. The lowest BCUT2D eigenvalue weighted by Gasteiger charge is -2.30. The first kappa shape index (κ1) is 14.7. The maximum absolute atomic E-state index is 5.45. The molecule has 0 aliphatic rings. The number of nitrogens with zero attached hydrogens (tertiary/aromatic N) is 1. The van der Waals surface area contributed by atoms with Crippen LogP contribution in [0.1, 0.15) is 40.5 Å². The third-order valence-electron chi connectivity index (χ3n) is 2.70. The molecule has 2 nitrogen and oxygen atoms in total. The van der Waals surface area contributed by atoms with Gasteiger partial charge >= 0.3 is 0 Å². The van der Waals surface area contributed by atoms with Crippen molar-refractivity contribution >= 4 is 0 Å². The van der Waals surface area contributed by atoms with Crippen molar-refractivity contribution in [2.75, 3.05) is 19.6 Å². The molecule has 0 radical (unpaired) electrons. The molecule has 2 N–H and O–H groups in total. The average Bonchev–Trinajstić information content (AvgIpc) is 2.19. The molecule has 0 heterocycles. The van der Waals surface area contributed by atoms with E-state index in [0.29, 0.717) is 6.54 Å². The van der Waals surface area contributed by atoms with E-state index in [0.717, 1.165) is 18.5 Å². The van der Waals surface area contributed by atoms with Gasteiger partial charge in [0.15, 0.2) is 0 Å². The van der Waals surface area contributed by atoms with Crippen LogP contribution in [0.3, 0.4) is 0 Å². The van der Waals surface area contributed by atoms with Gasteiger partial charge < -0.3 is 5.73 Å². The molecule has 0 aliphatic heterocycles. The van der Waals surface area contributed by atoms with Crippen LogP contribution in [0.15, 0.2) is 12.2 Å². The van der Waals surface area contributed by atoms with E-state index in [-0.39, 0.29) is 0 Å². The summed E-state index contributed by atoms with van der Waals surface area (Å²) in [5.74, 6) is 0.733. The minimum Gasteiger partial charge on any atom is -0.327 e. The maximum atomic E-state index is 5.45. The molecule has 0 bridgehead atoms. The Hall–Kier alpha value is -0.340. The second kappa shape index (κ2) is 8.93. The van der Waals surface area contributed by atoms with Gasteiger partial charge in [-0.15, -0.1) is 0 Å². The smallest absolute Gasteiger partial charge is 0.0166 e. The third-order valence-corrected chi connectivity index (χ3v) is 2.70. The zero-order valence-corrected chi connectivity index (χ0v) is 10.9. The fourth-order valence-electron chi connectivity index (χ4n) is 1.95. The highest BCUT2D eigenvalue weighted by molar-refractivity contribution is 4.87. The van der Waals surface area contributed by atoms with Crippen molar-refractivity contribution in [2.24, 2.45) is 11.7 Å². The largest absolute Gasteiger partial charge is 0.327 e. The monoisotopic (exact) mass is 212 g/mol. The summed E-state index contributed by atoms with van der Waals surface area (Å²) in [5.41, 5.74) is 5.45. The molecule has 0 saturated heterocycles. The van der Waals surface area contributed by atoms with E-state index in [1.54, 1.807) is 0 Å². The van der Waals surface area contributed by atoms with Crippen LogP contribution in [0.25, 0.3) is 0 Å². The van der Waals surface area contributed by atoms with Gasteiger partial charge in [0.25, 0.3) is 0 Å². The summed E-state index contributed by atoms with van der Waals surface area (Å²) >= 11 is 0. The summed E-state index contributed by atoms with van der Waals surface area (Å²) in [6, 6.07) is 0.717. The van der Waals surface area contributed by atoms with E-state index in [1.165, 1.54) is 19.4 Å². The van der Waals surface area contributed by atoms with Gasteiger partial charge in [-0.3, -0.25) is 4.90 Å². The molecular weight excluding hydrogens is 184 g/mol. The first-order chi connectivity index (χ1) is 7.15. The van der Waals surface area contributed by atoms with E-state index < -0.39 is 0 Å². The van der Waals surface area contributed by atoms with Gasteiger partial charge in [-0.1, -0.05) is 39.8 Å². The lowest BCUT2D eigenvalue weighted by Crippen LogP contribution is -2.37. The molecule has 2 heteroatoms. The van der Waals surface area contributed by atoms with Crippen LogP contribution in [0.5, 0.6) is 0 Å². The minimum absolute atomic E-state index is 0.651. The summed E-state index contributed by atoms with van der Waals surface area (Å²) in [5, 5.41) is 0. The number of hydrogen-bond donors (Lipinski definition) is 1. The van der Waals surface area contributed by atoms with Crippen molar-refractivity contribution in [3.05, 3.63) is 12.2 Å². The van der Waals surface area contributed by atoms with E-state index in [2.05, 4.69) is 44.7 Å². The molecule has 0 aromatic heterocycles. The standard InChI is InChI=1S/C13H28N2/c1-5-13(6-2)15(11-12(3)4)10-8-7-9-14/h7-8,12-13H,5-6,9-11,14H2,1-4H3. The van der Waals surface area contributed by atoms with Crippen LogP contribution >= 0.6 is 0 Å². The van der Waals surface area contributed by atoms with E-state index in [4.69, 9.17) is 5.73 Å². The summed E-state index contributed by atoms with van der Waals surface area (Å²) in [6.45, 7) is 12.0. The van der Waals surface area contributed by atoms with Gasteiger partial charge in [-0.2, -0.15) is 0 Å². The fourth-order valence-corrected chi connectivity index (χ4v) is 1.95. The predicted octanol–water partition coefficient (Wildman–Crippen LogP) is 2.65. The van der Waals surface area contributed by atoms with Crippen molar-refractivity contribution in [1.82, 2.24) is 4.90 Å². The zero-order chi connectivity index (χ0) is 11.7. The van der Waals surface area contributed by atoms with Crippen LogP contribution in [-0.2, 0) is 0 Å². The molecule has 0 fully saturated rings. The summed E-state index contributed by atoms with van der Waals surface area (Å²) < 4.78 is 0. The Kier molecular flexibility index (Phi) is 8.73. The van der Waals surface area contributed by atoms with Crippen LogP contribution < -0.4 is 5.73 Å². The van der Waals surface area contributed by atoms with Gasteiger partial charge in [0.05, 0.1) is 0 Å². The zero-order valence-electron chi connectivity index (χ0n) is 10.9. The molecule has 0 aliphatic carbocycles. The Labute approximate surface area is 95.5 Å². The normalized spacial score (nSPS) is 12.5.